The molecule has 0 saturated carbocycles. The van der Waals surface area contributed by atoms with E-state index in [1.807, 2.05) is 0 Å². The number of hydrogen-bond acceptors (Lipinski definition) is 4. The largest absolute Gasteiger partial charge is 0.377 e. The van der Waals surface area contributed by atoms with Crippen LogP contribution in [0.1, 0.15) is 5.82 Å². The Kier molecular flexibility index (Phi) is 2.58. The zero-order valence-corrected chi connectivity index (χ0v) is 9.56. The SMILES string of the molecule is CSC1(c2ncc(Br)cn2)COC1. The van der Waals surface area contributed by atoms with Crippen LogP contribution in [0, 0.1) is 0 Å². The quantitative estimate of drug-likeness (QED) is 0.813. The molecule has 70 valence electrons. The van der Waals surface area contributed by atoms with Gasteiger partial charge in [0.05, 0.1) is 17.7 Å². The summed E-state index contributed by atoms with van der Waals surface area (Å²) < 4.78 is 6.11. The molecule has 0 unspecified atom stereocenters. The lowest BCUT2D eigenvalue weighted by molar-refractivity contribution is -0.0145. The monoisotopic (exact) mass is 260 g/mol. The van der Waals surface area contributed by atoms with Gasteiger partial charge in [0, 0.05) is 12.4 Å². The van der Waals surface area contributed by atoms with Crippen molar-refractivity contribution < 1.29 is 4.74 Å². The van der Waals surface area contributed by atoms with Crippen molar-refractivity contribution in [1.82, 2.24) is 9.97 Å². The smallest absolute Gasteiger partial charge is 0.149 e. The Bertz CT molecular complexity index is 294. The minimum absolute atomic E-state index is 0.000694. The van der Waals surface area contributed by atoms with Gasteiger partial charge >= 0.3 is 0 Å². The van der Waals surface area contributed by atoms with Crippen LogP contribution in [-0.2, 0) is 9.48 Å². The molecule has 13 heavy (non-hydrogen) atoms. The summed E-state index contributed by atoms with van der Waals surface area (Å²) in [5.41, 5.74) is 0. The van der Waals surface area contributed by atoms with Crippen molar-refractivity contribution in [1.29, 1.82) is 0 Å². The molecule has 0 aromatic carbocycles. The van der Waals surface area contributed by atoms with Gasteiger partial charge in [-0.15, -0.1) is 11.8 Å². The lowest BCUT2D eigenvalue weighted by atomic mass is 10.1. The number of rotatable bonds is 2. The normalized spacial score (nSPS) is 19.5. The van der Waals surface area contributed by atoms with Gasteiger partial charge in [0.2, 0.25) is 0 Å². The van der Waals surface area contributed by atoms with Gasteiger partial charge in [0.1, 0.15) is 10.6 Å². The first-order valence-corrected chi connectivity index (χ1v) is 5.89. The number of aromatic nitrogens is 2. The Labute approximate surface area is 89.4 Å². The Morgan fingerprint density at radius 1 is 1.46 bits per heavy atom. The molecule has 1 saturated heterocycles. The van der Waals surface area contributed by atoms with E-state index in [1.54, 1.807) is 24.2 Å². The maximum absolute atomic E-state index is 5.20. The average Bonchev–Trinajstić information content (AvgIpc) is 2.07. The molecule has 2 heterocycles. The first kappa shape index (κ1) is 9.43. The molecule has 0 amide bonds. The summed E-state index contributed by atoms with van der Waals surface area (Å²) in [6.07, 6.45) is 5.62. The maximum Gasteiger partial charge on any atom is 0.149 e. The van der Waals surface area contributed by atoms with E-state index in [4.69, 9.17) is 4.74 Å². The van der Waals surface area contributed by atoms with E-state index in [1.165, 1.54) is 0 Å². The third-order valence-corrected chi connectivity index (χ3v) is 3.70. The molecule has 1 aromatic rings. The van der Waals surface area contributed by atoms with E-state index in [0.29, 0.717) is 0 Å². The predicted molar refractivity (Wildman–Crippen MR) is 55.7 cm³/mol. The molecule has 0 atom stereocenters. The molecular weight excluding hydrogens is 252 g/mol. The van der Waals surface area contributed by atoms with E-state index >= 15 is 0 Å². The second-order valence-electron chi connectivity index (χ2n) is 2.92. The third-order valence-electron chi connectivity index (χ3n) is 2.09. The van der Waals surface area contributed by atoms with Crippen LogP contribution in [0.15, 0.2) is 16.9 Å². The van der Waals surface area contributed by atoms with Crippen LogP contribution >= 0.6 is 27.7 Å². The van der Waals surface area contributed by atoms with Crippen molar-refractivity contribution in [3.8, 4) is 0 Å². The second kappa shape index (κ2) is 3.55. The fraction of sp³-hybridized carbons (Fsp3) is 0.500. The standard InChI is InChI=1S/C8H9BrN2OS/c1-13-8(4-12-5-8)7-10-2-6(9)3-11-7/h2-3H,4-5H2,1H3. The van der Waals surface area contributed by atoms with Gasteiger partial charge in [-0.1, -0.05) is 0 Å². The molecule has 1 fully saturated rings. The van der Waals surface area contributed by atoms with Gasteiger partial charge < -0.3 is 4.74 Å². The summed E-state index contributed by atoms with van der Waals surface area (Å²) in [4.78, 5) is 8.57. The topological polar surface area (TPSA) is 35.0 Å². The average molecular weight is 261 g/mol. The zero-order valence-electron chi connectivity index (χ0n) is 7.16. The molecule has 1 aromatic heterocycles. The predicted octanol–water partition coefficient (Wildman–Crippen LogP) is 1.83. The molecule has 1 aliphatic heterocycles. The molecule has 0 bridgehead atoms. The van der Waals surface area contributed by atoms with Crippen LogP contribution in [0.5, 0.6) is 0 Å². The molecular formula is C8H9BrN2OS. The summed E-state index contributed by atoms with van der Waals surface area (Å²) in [6.45, 7) is 1.44. The van der Waals surface area contributed by atoms with Crippen LogP contribution in [-0.4, -0.2) is 29.4 Å². The summed E-state index contributed by atoms with van der Waals surface area (Å²) in [5.74, 6) is 0.870. The van der Waals surface area contributed by atoms with Crippen molar-refractivity contribution in [2.45, 2.75) is 4.75 Å². The van der Waals surface area contributed by atoms with E-state index in [0.717, 1.165) is 23.5 Å². The molecule has 3 nitrogen and oxygen atoms in total. The highest BCUT2D eigenvalue weighted by Crippen LogP contribution is 2.39. The van der Waals surface area contributed by atoms with E-state index in [2.05, 4.69) is 32.2 Å². The highest BCUT2D eigenvalue weighted by Gasteiger charge is 2.42. The second-order valence-corrected chi connectivity index (χ2v) is 5.02. The van der Waals surface area contributed by atoms with E-state index in [9.17, 15) is 0 Å². The van der Waals surface area contributed by atoms with Crippen LogP contribution in [0.25, 0.3) is 0 Å². The fourth-order valence-electron chi connectivity index (χ4n) is 1.17. The molecule has 5 heteroatoms. The summed E-state index contributed by atoms with van der Waals surface area (Å²) in [7, 11) is 0. The minimum atomic E-state index is 0.000694. The summed E-state index contributed by atoms with van der Waals surface area (Å²) in [6, 6.07) is 0. The number of halogens is 1. The van der Waals surface area contributed by atoms with Gasteiger partial charge in [-0.2, -0.15) is 0 Å². The highest BCUT2D eigenvalue weighted by atomic mass is 79.9. The third kappa shape index (κ3) is 1.60. The highest BCUT2D eigenvalue weighted by molar-refractivity contribution is 9.10. The molecule has 0 N–H and O–H groups in total. The zero-order chi connectivity index (χ0) is 9.31. The Morgan fingerprint density at radius 2 is 2.08 bits per heavy atom. The van der Waals surface area contributed by atoms with Crippen molar-refractivity contribution in [2.75, 3.05) is 19.5 Å². The van der Waals surface area contributed by atoms with E-state index < -0.39 is 0 Å². The van der Waals surface area contributed by atoms with Gasteiger partial charge in [-0.25, -0.2) is 9.97 Å². The maximum atomic E-state index is 5.20. The number of thioether (sulfide) groups is 1. The van der Waals surface area contributed by atoms with Crippen molar-refractivity contribution >= 4 is 27.7 Å². The van der Waals surface area contributed by atoms with Crippen LogP contribution in [0.4, 0.5) is 0 Å². The Balaban J connectivity index is 2.28. The summed E-state index contributed by atoms with van der Waals surface area (Å²) in [5, 5.41) is 0. The number of ether oxygens (including phenoxy) is 1. The van der Waals surface area contributed by atoms with Crippen molar-refractivity contribution in [2.24, 2.45) is 0 Å². The van der Waals surface area contributed by atoms with Gasteiger partial charge in [-0.3, -0.25) is 0 Å². The number of nitrogens with zero attached hydrogens (tertiary/aromatic N) is 2. The number of hydrogen-bond donors (Lipinski definition) is 0. The van der Waals surface area contributed by atoms with E-state index in [-0.39, 0.29) is 4.75 Å². The lowest BCUT2D eigenvalue weighted by Gasteiger charge is -2.38. The Morgan fingerprint density at radius 3 is 2.46 bits per heavy atom. The Hall–Kier alpha value is -0.130. The van der Waals surface area contributed by atoms with Gasteiger partial charge in [-0.05, 0) is 22.2 Å². The molecule has 0 spiro atoms. The van der Waals surface area contributed by atoms with Gasteiger partial charge in [0.15, 0.2) is 0 Å². The molecule has 2 rings (SSSR count). The van der Waals surface area contributed by atoms with Crippen molar-refractivity contribution in [3.05, 3.63) is 22.7 Å². The molecule has 0 radical (unpaired) electrons. The first-order valence-electron chi connectivity index (χ1n) is 3.88. The lowest BCUT2D eigenvalue weighted by Crippen LogP contribution is -2.44. The minimum Gasteiger partial charge on any atom is -0.377 e. The van der Waals surface area contributed by atoms with Gasteiger partial charge in [0.25, 0.3) is 0 Å². The van der Waals surface area contributed by atoms with Crippen LogP contribution in [0.2, 0.25) is 0 Å². The first-order chi connectivity index (χ1) is 6.27. The molecule has 0 aliphatic carbocycles. The van der Waals surface area contributed by atoms with Crippen LogP contribution < -0.4 is 0 Å². The summed E-state index contributed by atoms with van der Waals surface area (Å²) >= 11 is 5.06. The van der Waals surface area contributed by atoms with Crippen LogP contribution in [0.3, 0.4) is 0 Å². The van der Waals surface area contributed by atoms with Crippen molar-refractivity contribution in [3.63, 3.8) is 0 Å². The molecule has 1 aliphatic rings. The fourth-order valence-corrected chi connectivity index (χ4v) is 2.07.